The average molecular weight is 433 g/mol. The summed E-state index contributed by atoms with van der Waals surface area (Å²) in [4.78, 5) is 12.9. The van der Waals surface area contributed by atoms with E-state index in [-0.39, 0.29) is 11.6 Å². The predicted octanol–water partition coefficient (Wildman–Crippen LogP) is 5.10. The first-order valence-corrected chi connectivity index (χ1v) is 10.2. The van der Waals surface area contributed by atoms with Gasteiger partial charge in [0.15, 0.2) is 5.69 Å². The Hall–Kier alpha value is -3.64. The molecule has 1 amide bonds. The van der Waals surface area contributed by atoms with E-state index in [1.807, 2.05) is 48.5 Å². The van der Waals surface area contributed by atoms with Gasteiger partial charge in [-0.25, -0.2) is 4.68 Å². The number of hydrogen-bond acceptors (Lipinski definition) is 4. The summed E-state index contributed by atoms with van der Waals surface area (Å²) in [5.74, 6) is 0.247. The van der Waals surface area contributed by atoms with Crippen LogP contribution >= 0.6 is 11.6 Å². The van der Waals surface area contributed by atoms with E-state index in [4.69, 9.17) is 16.3 Å². The molecule has 0 atom stereocenters. The molecule has 0 aliphatic carbocycles. The molecule has 1 N–H and O–H groups in total. The molecule has 1 aromatic heterocycles. The molecule has 0 unspecified atom stereocenters. The number of ether oxygens (including phenoxy) is 1. The van der Waals surface area contributed by atoms with Crippen LogP contribution in [0.1, 0.15) is 21.7 Å². The molecular weight excluding hydrogens is 412 g/mol. The van der Waals surface area contributed by atoms with Gasteiger partial charge < -0.3 is 10.1 Å². The lowest BCUT2D eigenvalue weighted by Crippen LogP contribution is -2.15. The van der Waals surface area contributed by atoms with E-state index >= 15 is 0 Å². The second-order valence-corrected chi connectivity index (χ2v) is 7.39. The Morgan fingerprint density at radius 1 is 1.03 bits per heavy atom. The van der Waals surface area contributed by atoms with Crippen molar-refractivity contribution in [3.63, 3.8) is 0 Å². The lowest BCUT2D eigenvalue weighted by molar-refractivity contribution is 0.102. The number of para-hydroxylation sites is 2. The summed E-state index contributed by atoms with van der Waals surface area (Å²) in [5, 5.41) is 11.6. The molecular formula is C24H21ClN4O2. The average Bonchev–Trinajstić information content (AvgIpc) is 3.17. The van der Waals surface area contributed by atoms with Gasteiger partial charge >= 0.3 is 0 Å². The molecule has 156 valence electrons. The van der Waals surface area contributed by atoms with E-state index < -0.39 is 0 Å². The number of rotatable bonds is 7. The summed E-state index contributed by atoms with van der Waals surface area (Å²) in [6, 6.07) is 24.7. The van der Waals surface area contributed by atoms with Gasteiger partial charge in [-0.2, -0.15) is 0 Å². The number of halogens is 1. The van der Waals surface area contributed by atoms with Crippen molar-refractivity contribution >= 4 is 23.2 Å². The van der Waals surface area contributed by atoms with Crippen molar-refractivity contribution in [1.82, 2.24) is 15.0 Å². The number of aromatic nitrogens is 3. The highest BCUT2D eigenvalue weighted by Gasteiger charge is 2.19. The molecule has 6 nitrogen and oxygen atoms in total. The van der Waals surface area contributed by atoms with Crippen LogP contribution < -0.4 is 10.1 Å². The van der Waals surface area contributed by atoms with Crippen LogP contribution in [0.25, 0.3) is 5.69 Å². The minimum absolute atomic E-state index is 0.235. The molecule has 3 aromatic carbocycles. The summed E-state index contributed by atoms with van der Waals surface area (Å²) < 4.78 is 7.51. The van der Waals surface area contributed by atoms with Gasteiger partial charge in [0.05, 0.1) is 23.7 Å². The number of anilines is 1. The van der Waals surface area contributed by atoms with Crippen LogP contribution in [0, 0.1) is 6.92 Å². The van der Waals surface area contributed by atoms with E-state index in [2.05, 4.69) is 27.8 Å². The molecule has 1 heterocycles. The zero-order valence-electron chi connectivity index (χ0n) is 17.0. The Bertz CT molecular complexity index is 1190. The van der Waals surface area contributed by atoms with Crippen LogP contribution in [0.2, 0.25) is 5.02 Å². The molecule has 0 aliphatic rings. The van der Waals surface area contributed by atoms with Crippen LogP contribution in [0.15, 0.2) is 78.9 Å². The van der Waals surface area contributed by atoms with Crippen LogP contribution in [0.4, 0.5) is 5.69 Å². The SMILES string of the molecule is Cc1c(C(=O)Nc2ccccc2OCCc2ccccc2)nnn1-c1cccc(Cl)c1. The number of hydrogen-bond donors (Lipinski definition) is 1. The second-order valence-electron chi connectivity index (χ2n) is 6.95. The van der Waals surface area contributed by atoms with Crippen molar-refractivity contribution in [2.45, 2.75) is 13.3 Å². The Kier molecular flexibility index (Phi) is 6.29. The minimum Gasteiger partial charge on any atom is -0.491 e. The van der Waals surface area contributed by atoms with Crippen molar-refractivity contribution in [1.29, 1.82) is 0 Å². The van der Waals surface area contributed by atoms with E-state index in [0.29, 0.717) is 28.8 Å². The number of benzene rings is 3. The molecule has 7 heteroatoms. The molecule has 0 saturated carbocycles. The molecule has 0 aliphatic heterocycles. The van der Waals surface area contributed by atoms with E-state index in [1.54, 1.807) is 29.8 Å². The normalized spacial score (nSPS) is 10.6. The number of carbonyl (C=O) groups is 1. The first kappa shape index (κ1) is 20.6. The zero-order valence-corrected chi connectivity index (χ0v) is 17.7. The highest BCUT2D eigenvalue weighted by atomic mass is 35.5. The third-order valence-electron chi connectivity index (χ3n) is 4.79. The maximum Gasteiger partial charge on any atom is 0.278 e. The van der Waals surface area contributed by atoms with Gasteiger partial charge in [-0.3, -0.25) is 4.79 Å². The van der Waals surface area contributed by atoms with E-state index in [1.165, 1.54) is 5.56 Å². The Morgan fingerprint density at radius 2 is 1.81 bits per heavy atom. The predicted molar refractivity (Wildman–Crippen MR) is 121 cm³/mol. The van der Waals surface area contributed by atoms with Gasteiger partial charge in [0.25, 0.3) is 5.91 Å². The molecule has 4 rings (SSSR count). The van der Waals surface area contributed by atoms with Crippen molar-refractivity contribution in [2.24, 2.45) is 0 Å². The Balaban J connectivity index is 1.47. The summed E-state index contributed by atoms with van der Waals surface area (Å²) in [6.07, 6.45) is 0.774. The van der Waals surface area contributed by atoms with Gasteiger partial charge in [-0.15, -0.1) is 5.10 Å². The summed E-state index contributed by atoms with van der Waals surface area (Å²) in [5.41, 5.74) is 3.36. The Morgan fingerprint density at radius 3 is 2.61 bits per heavy atom. The fraction of sp³-hybridized carbons (Fsp3) is 0.125. The van der Waals surface area contributed by atoms with Crippen LogP contribution in [0.3, 0.4) is 0 Å². The minimum atomic E-state index is -0.357. The molecule has 31 heavy (non-hydrogen) atoms. The van der Waals surface area contributed by atoms with Crippen molar-refractivity contribution in [2.75, 3.05) is 11.9 Å². The standard InChI is InChI=1S/C24H21ClN4O2/c1-17-23(27-28-29(17)20-11-7-10-19(25)16-20)24(30)26-21-12-5-6-13-22(21)31-15-14-18-8-3-2-4-9-18/h2-13,16H,14-15H2,1H3,(H,26,30). The van der Waals surface area contributed by atoms with Crippen molar-refractivity contribution < 1.29 is 9.53 Å². The second kappa shape index (κ2) is 9.45. The molecule has 4 aromatic rings. The zero-order chi connectivity index (χ0) is 21.6. The first-order chi connectivity index (χ1) is 15.1. The van der Waals surface area contributed by atoms with Crippen molar-refractivity contribution in [3.8, 4) is 11.4 Å². The summed E-state index contributed by atoms with van der Waals surface area (Å²) >= 11 is 6.07. The monoisotopic (exact) mass is 432 g/mol. The van der Waals surface area contributed by atoms with Crippen molar-refractivity contribution in [3.05, 3.63) is 101 Å². The summed E-state index contributed by atoms with van der Waals surface area (Å²) in [6.45, 7) is 2.29. The number of carbonyl (C=O) groups excluding carboxylic acids is 1. The van der Waals surface area contributed by atoms with Gasteiger partial charge in [0.1, 0.15) is 5.75 Å². The lowest BCUT2D eigenvalue weighted by atomic mass is 10.2. The third-order valence-corrected chi connectivity index (χ3v) is 5.02. The molecule has 0 spiro atoms. The van der Waals surface area contributed by atoms with E-state index in [0.717, 1.165) is 12.1 Å². The van der Waals surface area contributed by atoms with Crippen LogP contribution in [0.5, 0.6) is 5.75 Å². The van der Waals surface area contributed by atoms with Crippen LogP contribution in [-0.4, -0.2) is 27.5 Å². The van der Waals surface area contributed by atoms with Gasteiger partial charge in [0.2, 0.25) is 0 Å². The van der Waals surface area contributed by atoms with Gasteiger partial charge in [-0.1, -0.05) is 65.3 Å². The van der Waals surface area contributed by atoms with Gasteiger partial charge in [-0.05, 0) is 42.8 Å². The van der Waals surface area contributed by atoms with Gasteiger partial charge in [0, 0.05) is 11.4 Å². The smallest absolute Gasteiger partial charge is 0.278 e. The fourth-order valence-corrected chi connectivity index (χ4v) is 3.38. The number of nitrogens with zero attached hydrogens (tertiary/aromatic N) is 3. The first-order valence-electron chi connectivity index (χ1n) is 9.87. The third kappa shape index (κ3) is 4.92. The maximum absolute atomic E-state index is 12.9. The number of nitrogens with one attached hydrogen (secondary N) is 1. The quantitative estimate of drug-likeness (QED) is 0.441. The largest absolute Gasteiger partial charge is 0.491 e. The highest BCUT2D eigenvalue weighted by molar-refractivity contribution is 6.30. The van der Waals surface area contributed by atoms with E-state index in [9.17, 15) is 4.79 Å². The highest BCUT2D eigenvalue weighted by Crippen LogP contribution is 2.25. The summed E-state index contributed by atoms with van der Waals surface area (Å²) in [7, 11) is 0. The topological polar surface area (TPSA) is 69.0 Å². The fourth-order valence-electron chi connectivity index (χ4n) is 3.19. The number of amides is 1. The maximum atomic E-state index is 12.9. The molecule has 0 radical (unpaired) electrons. The molecule has 0 fully saturated rings. The molecule has 0 saturated heterocycles. The lowest BCUT2D eigenvalue weighted by Gasteiger charge is -2.12. The van der Waals surface area contributed by atoms with Crippen LogP contribution in [-0.2, 0) is 6.42 Å². The Labute approximate surface area is 185 Å². The molecule has 0 bridgehead atoms.